The van der Waals surface area contributed by atoms with Crippen molar-refractivity contribution in [3.05, 3.63) is 33.8 Å². The summed E-state index contributed by atoms with van der Waals surface area (Å²) in [7, 11) is 0. The molecule has 1 aromatic rings. The van der Waals surface area contributed by atoms with Gasteiger partial charge in [0.1, 0.15) is 0 Å². The first-order valence-corrected chi connectivity index (χ1v) is 6.92. The number of aryl methyl sites for hydroxylation is 1. The molecular formula is C14H20BrN. The second kappa shape index (κ2) is 5.33. The predicted octanol–water partition coefficient (Wildman–Crippen LogP) is 3.99. The molecule has 1 saturated heterocycles. The minimum Gasteiger partial charge on any atom is -0.299 e. The molecule has 2 rings (SSSR count). The Hall–Kier alpha value is -0.340. The van der Waals surface area contributed by atoms with E-state index >= 15 is 0 Å². The number of halogens is 1. The molecule has 1 fully saturated rings. The van der Waals surface area contributed by atoms with Crippen LogP contribution in [0.2, 0.25) is 0 Å². The summed E-state index contributed by atoms with van der Waals surface area (Å²) in [5.41, 5.74) is 2.78. The first-order chi connectivity index (χ1) is 7.65. The molecular weight excluding hydrogens is 262 g/mol. The van der Waals surface area contributed by atoms with Crippen LogP contribution in [0.4, 0.5) is 0 Å². The molecule has 1 atom stereocenters. The summed E-state index contributed by atoms with van der Waals surface area (Å²) in [6.07, 6.45) is 2.75. The van der Waals surface area contributed by atoms with E-state index in [1.807, 2.05) is 0 Å². The lowest BCUT2D eigenvalue weighted by molar-refractivity contribution is 0.176. The fourth-order valence-corrected chi connectivity index (χ4v) is 2.87. The molecule has 16 heavy (non-hydrogen) atoms. The van der Waals surface area contributed by atoms with Crippen molar-refractivity contribution in [2.24, 2.45) is 5.92 Å². The van der Waals surface area contributed by atoms with Gasteiger partial charge in [-0.3, -0.25) is 4.90 Å². The average Bonchev–Trinajstić information content (AvgIpc) is 2.24. The molecule has 2 heteroatoms. The molecule has 88 valence electrons. The highest BCUT2D eigenvalue weighted by Gasteiger charge is 2.16. The fraction of sp³-hybridized carbons (Fsp3) is 0.571. The highest BCUT2D eigenvalue weighted by atomic mass is 79.9. The van der Waals surface area contributed by atoms with E-state index in [-0.39, 0.29) is 0 Å². The van der Waals surface area contributed by atoms with Gasteiger partial charge >= 0.3 is 0 Å². The van der Waals surface area contributed by atoms with E-state index in [2.05, 4.69) is 52.9 Å². The number of nitrogens with zero attached hydrogens (tertiary/aromatic N) is 1. The summed E-state index contributed by atoms with van der Waals surface area (Å²) < 4.78 is 1.25. The minimum atomic E-state index is 0.859. The summed E-state index contributed by atoms with van der Waals surface area (Å²) in [4.78, 5) is 2.58. The van der Waals surface area contributed by atoms with Gasteiger partial charge in [0.15, 0.2) is 0 Å². The Bertz CT molecular complexity index is 362. The van der Waals surface area contributed by atoms with E-state index in [1.165, 1.54) is 41.5 Å². The van der Waals surface area contributed by atoms with E-state index in [0.717, 1.165) is 12.5 Å². The summed E-state index contributed by atoms with van der Waals surface area (Å²) >= 11 is 3.65. The van der Waals surface area contributed by atoms with Crippen LogP contribution >= 0.6 is 15.9 Å². The van der Waals surface area contributed by atoms with Crippen molar-refractivity contribution in [3.63, 3.8) is 0 Å². The Morgan fingerprint density at radius 2 is 2.25 bits per heavy atom. The average molecular weight is 282 g/mol. The van der Waals surface area contributed by atoms with E-state index in [4.69, 9.17) is 0 Å². The summed E-state index contributed by atoms with van der Waals surface area (Å²) in [5.74, 6) is 0.859. The minimum absolute atomic E-state index is 0.859. The van der Waals surface area contributed by atoms with Crippen molar-refractivity contribution >= 4 is 15.9 Å². The standard InChI is InChI=1S/C14H20BrN/c1-11-5-6-14(15)13(8-11)10-16-7-3-4-12(2)9-16/h5-6,8,12H,3-4,7,9-10H2,1-2H3. The fourth-order valence-electron chi connectivity index (χ4n) is 2.50. The van der Waals surface area contributed by atoms with Gasteiger partial charge in [-0.05, 0) is 43.9 Å². The van der Waals surface area contributed by atoms with Crippen LogP contribution in [0.15, 0.2) is 22.7 Å². The number of piperidine rings is 1. The summed E-state index contributed by atoms with van der Waals surface area (Å²) in [6.45, 7) is 8.12. The Balaban J connectivity index is 2.05. The zero-order valence-electron chi connectivity index (χ0n) is 10.2. The summed E-state index contributed by atoms with van der Waals surface area (Å²) in [5, 5.41) is 0. The Kier molecular flexibility index (Phi) is 4.04. The van der Waals surface area contributed by atoms with Crippen molar-refractivity contribution < 1.29 is 0 Å². The van der Waals surface area contributed by atoms with Gasteiger partial charge in [-0.2, -0.15) is 0 Å². The smallest absolute Gasteiger partial charge is 0.0245 e. The lowest BCUT2D eigenvalue weighted by atomic mass is 9.99. The van der Waals surface area contributed by atoms with E-state index in [1.54, 1.807) is 0 Å². The number of hydrogen-bond donors (Lipinski definition) is 0. The second-order valence-electron chi connectivity index (χ2n) is 5.08. The van der Waals surface area contributed by atoms with Crippen LogP contribution < -0.4 is 0 Å². The molecule has 0 N–H and O–H groups in total. The van der Waals surface area contributed by atoms with Crippen LogP contribution in [-0.4, -0.2) is 18.0 Å². The van der Waals surface area contributed by atoms with Gasteiger partial charge in [0.25, 0.3) is 0 Å². The zero-order chi connectivity index (χ0) is 11.5. The zero-order valence-corrected chi connectivity index (χ0v) is 11.8. The van der Waals surface area contributed by atoms with Crippen molar-refractivity contribution in [2.75, 3.05) is 13.1 Å². The van der Waals surface area contributed by atoms with Crippen LogP contribution in [0.5, 0.6) is 0 Å². The first-order valence-electron chi connectivity index (χ1n) is 6.12. The molecule has 0 spiro atoms. The molecule has 0 aliphatic carbocycles. The number of benzene rings is 1. The van der Waals surface area contributed by atoms with Crippen molar-refractivity contribution in [2.45, 2.75) is 33.2 Å². The number of likely N-dealkylation sites (tertiary alicyclic amines) is 1. The maximum absolute atomic E-state index is 3.65. The van der Waals surface area contributed by atoms with Gasteiger partial charge < -0.3 is 0 Å². The van der Waals surface area contributed by atoms with Crippen LogP contribution in [0, 0.1) is 12.8 Å². The Morgan fingerprint density at radius 3 is 3.00 bits per heavy atom. The topological polar surface area (TPSA) is 3.24 Å². The van der Waals surface area contributed by atoms with Crippen LogP contribution in [0.1, 0.15) is 30.9 Å². The molecule has 1 aliphatic rings. The highest BCUT2D eigenvalue weighted by Crippen LogP contribution is 2.23. The molecule has 0 radical (unpaired) electrons. The van der Waals surface area contributed by atoms with Gasteiger partial charge in [0.05, 0.1) is 0 Å². The van der Waals surface area contributed by atoms with Gasteiger partial charge in [-0.15, -0.1) is 0 Å². The quantitative estimate of drug-likeness (QED) is 0.792. The van der Waals surface area contributed by atoms with Crippen molar-refractivity contribution in [1.82, 2.24) is 4.90 Å². The third kappa shape index (κ3) is 3.08. The molecule has 1 unspecified atom stereocenters. The largest absolute Gasteiger partial charge is 0.299 e. The lowest BCUT2D eigenvalue weighted by Crippen LogP contribution is -2.33. The third-order valence-electron chi connectivity index (χ3n) is 3.34. The molecule has 0 saturated carbocycles. The molecule has 1 heterocycles. The maximum atomic E-state index is 3.65. The number of hydrogen-bond acceptors (Lipinski definition) is 1. The molecule has 0 bridgehead atoms. The molecule has 1 aliphatic heterocycles. The van der Waals surface area contributed by atoms with Crippen LogP contribution in [-0.2, 0) is 6.54 Å². The van der Waals surface area contributed by atoms with E-state index in [0.29, 0.717) is 0 Å². The van der Waals surface area contributed by atoms with Crippen LogP contribution in [0.25, 0.3) is 0 Å². The van der Waals surface area contributed by atoms with Crippen molar-refractivity contribution in [3.8, 4) is 0 Å². The Morgan fingerprint density at radius 1 is 1.44 bits per heavy atom. The summed E-state index contributed by atoms with van der Waals surface area (Å²) in [6, 6.07) is 6.62. The third-order valence-corrected chi connectivity index (χ3v) is 4.11. The molecule has 1 aromatic carbocycles. The van der Waals surface area contributed by atoms with Gasteiger partial charge in [0.2, 0.25) is 0 Å². The predicted molar refractivity (Wildman–Crippen MR) is 72.6 cm³/mol. The first kappa shape index (κ1) is 12.1. The molecule has 1 nitrogen and oxygen atoms in total. The van der Waals surface area contributed by atoms with Gasteiger partial charge in [-0.1, -0.05) is 40.5 Å². The monoisotopic (exact) mass is 281 g/mol. The second-order valence-corrected chi connectivity index (χ2v) is 5.93. The molecule has 0 aromatic heterocycles. The van der Waals surface area contributed by atoms with E-state index < -0.39 is 0 Å². The SMILES string of the molecule is Cc1ccc(Br)c(CN2CCCC(C)C2)c1. The Labute approximate surface area is 107 Å². The van der Waals surface area contributed by atoms with Crippen molar-refractivity contribution in [1.29, 1.82) is 0 Å². The van der Waals surface area contributed by atoms with E-state index in [9.17, 15) is 0 Å². The van der Waals surface area contributed by atoms with Gasteiger partial charge in [0, 0.05) is 17.6 Å². The highest BCUT2D eigenvalue weighted by molar-refractivity contribution is 9.10. The lowest BCUT2D eigenvalue weighted by Gasteiger charge is -2.31. The molecule has 0 amide bonds. The van der Waals surface area contributed by atoms with Crippen LogP contribution in [0.3, 0.4) is 0 Å². The van der Waals surface area contributed by atoms with Gasteiger partial charge in [-0.25, -0.2) is 0 Å². The normalized spacial score (nSPS) is 22.3. The maximum Gasteiger partial charge on any atom is 0.0245 e. The number of rotatable bonds is 2.